The number of halogens is 8. The molecule has 290 valence electrons. The van der Waals surface area contributed by atoms with Crippen molar-refractivity contribution in [1.29, 1.82) is 0 Å². The third kappa shape index (κ3) is 13.8. The van der Waals surface area contributed by atoms with Crippen LogP contribution in [-0.2, 0) is 32.9 Å². The lowest BCUT2D eigenvalue weighted by molar-refractivity contribution is -0.107. The first-order valence-electron chi connectivity index (χ1n) is 15.1. The number of nitrogens with one attached hydrogen (secondary N) is 2. The summed E-state index contributed by atoms with van der Waals surface area (Å²) in [5, 5.41) is 9.84. The van der Waals surface area contributed by atoms with Gasteiger partial charge in [0.15, 0.2) is 57.6 Å². The van der Waals surface area contributed by atoms with Crippen molar-refractivity contribution >= 4 is 31.4 Å². The Labute approximate surface area is 299 Å². The third-order valence-electron chi connectivity index (χ3n) is 6.63. The van der Waals surface area contributed by atoms with Gasteiger partial charge in [0.1, 0.15) is 0 Å². The maximum Gasteiger partial charge on any atom is 0.404 e. The molecule has 3 N–H and O–H groups in total. The summed E-state index contributed by atoms with van der Waals surface area (Å²) in [6.07, 6.45) is -8.39. The number of phenols is 1. The second-order valence-electron chi connectivity index (χ2n) is 10.9. The second kappa shape index (κ2) is 17.2. The Morgan fingerprint density at radius 2 is 0.981 bits per heavy atom. The largest absolute Gasteiger partial charge is 0.504 e. The number of ether oxygens (including phenoxy) is 3. The van der Waals surface area contributed by atoms with Crippen LogP contribution in [-0.4, -0.2) is 52.9 Å². The standard InChI is InChI=1S/C17H17F4NO4S.C16H15F4NO4S/c1-3-11-4-6-15(16(8-11)25-2)26-14-7-5-12(9-13(14)18)22-27(23,24)10-17(19,20)21;1-2-10-3-5-15(13(22)7-10)25-14-6-4-11(8-12(14)17)21-26(23,24)9-16(18,19)20/h4-9,22H,3,10H2,1-2H3;3-8,21-22H,2,9H2,1H3. The predicted octanol–water partition coefficient (Wildman–Crippen LogP) is 8.68. The summed E-state index contributed by atoms with van der Waals surface area (Å²) in [6, 6.07) is 15.4. The number of hydrogen-bond donors (Lipinski definition) is 3. The minimum Gasteiger partial charge on any atom is -0.504 e. The van der Waals surface area contributed by atoms with Crippen LogP contribution >= 0.6 is 0 Å². The fraction of sp³-hybridized carbons (Fsp3) is 0.273. The zero-order chi connectivity index (χ0) is 39.8. The molecule has 10 nitrogen and oxygen atoms in total. The molecule has 0 unspecified atom stereocenters. The van der Waals surface area contributed by atoms with Crippen molar-refractivity contribution in [3.8, 4) is 34.5 Å². The van der Waals surface area contributed by atoms with Gasteiger partial charge in [-0.2, -0.15) is 26.3 Å². The molecule has 0 saturated carbocycles. The zero-order valence-electron chi connectivity index (χ0n) is 27.9. The lowest BCUT2D eigenvalue weighted by Crippen LogP contribution is -2.27. The summed E-state index contributed by atoms with van der Waals surface area (Å²) >= 11 is 0. The van der Waals surface area contributed by atoms with Crippen LogP contribution < -0.4 is 23.7 Å². The molecule has 0 fully saturated rings. The molecule has 0 bridgehead atoms. The molecule has 0 aliphatic heterocycles. The van der Waals surface area contributed by atoms with E-state index in [0.29, 0.717) is 18.2 Å². The number of phenolic OH excluding ortho intramolecular Hbond substituents is 1. The van der Waals surface area contributed by atoms with Crippen LogP contribution in [0.1, 0.15) is 25.0 Å². The molecule has 0 atom stereocenters. The van der Waals surface area contributed by atoms with Crippen molar-refractivity contribution < 1.29 is 71.3 Å². The van der Waals surface area contributed by atoms with Gasteiger partial charge in [-0.05, 0) is 72.5 Å². The second-order valence-corrected chi connectivity index (χ2v) is 14.4. The number of anilines is 2. The number of benzene rings is 4. The monoisotopic (exact) mass is 800 g/mol. The van der Waals surface area contributed by atoms with E-state index < -0.39 is 55.5 Å². The van der Waals surface area contributed by atoms with E-state index in [9.17, 15) is 57.1 Å². The Morgan fingerprint density at radius 3 is 1.36 bits per heavy atom. The Balaban J connectivity index is 0.000000286. The predicted molar refractivity (Wildman–Crippen MR) is 180 cm³/mol. The normalized spacial score (nSPS) is 12.0. The van der Waals surface area contributed by atoms with Gasteiger partial charge in [0, 0.05) is 12.1 Å². The molecule has 0 aliphatic carbocycles. The number of hydrogen-bond acceptors (Lipinski definition) is 8. The molecule has 0 heterocycles. The SMILES string of the molecule is CCc1ccc(Oc2ccc(NS(=O)(=O)CC(F)(F)F)cc2F)c(O)c1.CCc1ccc(Oc2ccc(NS(=O)(=O)CC(F)(F)F)cc2F)c(OC)c1. The summed E-state index contributed by atoms with van der Waals surface area (Å²) in [5.74, 6) is -6.31. The first-order chi connectivity index (χ1) is 24.5. The summed E-state index contributed by atoms with van der Waals surface area (Å²) in [7, 11) is -7.99. The quantitative estimate of drug-likeness (QED) is 0.114. The Hall–Kier alpha value is -4.98. The topological polar surface area (TPSA) is 140 Å². The van der Waals surface area contributed by atoms with Gasteiger partial charge in [-0.1, -0.05) is 26.0 Å². The molecule has 0 aromatic heterocycles. The zero-order valence-corrected chi connectivity index (χ0v) is 29.5. The van der Waals surface area contributed by atoms with Crippen molar-refractivity contribution in [3.05, 3.63) is 95.6 Å². The van der Waals surface area contributed by atoms with Crippen molar-refractivity contribution in [2.24, 2.45) is 0 Å². The summed E-state index contributed by atoms with van der Waals surface area (Å²) in [4.78, 5) is 0. The minimum atomic E-state index is -4.92. The number of rotatable bonds is 13. The average Bonchev–Trinajstić information content (AvgIpc) is 3.02. The number of aryl methyl sites for hydroxylation is 2. The van der Waals surface area contributed by atoms with E-state index in [0.717, 1.165) is 47.9 Å². The summed E-state index contributed by atoms with van der Waals surface area (Å²) in [6.45, 7) is 3.83. The first kappa shape index (κ1) is 42.4. The van der Waals surface area contributed by atoms with Crippen molar-refractivity contribution in [2.75, 3.05) is 28.1 Å². The number of alkyl halides is 6. The molecule has 4 aromatic carbocycles. The van der Waals surface area contributed by atoms with E-state index >= 15 is 0 Å². The highest BCUT2D eigenvalue weighted by Gasteiger charge is 2.36. The maximum atomic E-state index is 14.2. The minimum absolute atomic E-state index is 0.0218. The molecule has 4 aromatic rings. The average molecular weight is 801 g/mol. The fourth-order valence-corrected chi connectivity index (χ4v) is 6.26. The van der Waals surface area contributed by atoms with E-state index in [4.69, 9.17) is 14.2 Å². The molecular weight excluding hydrogens is 768 g/mol. The number of sulfonamides is 2. The molecule has 0 aliphatic rings. The Bertz CT molecular complexity index is 2110. The van der Waals surface area contributed by atoms with E-state index in [1.807, 2.05) is 13.8 Å². The highest BCUT2D eigenvalue weighted by molar-refractivity contribution is 7.93. The van der Waals surface area contributed by atoms with E-state index in [-0.39, 0.29) is 40.1 Å². The molecule has 0 amide bonds. The van der Waals surface area contributed by atoms with Gasteiger partial charge in [-0.25, -0.2) is 25.6 Å². The van der Waals surface area contributed by atoms with Crippen LogP contribution in [0, 0.1) is 11.6 Å². The van der Waals surface area contributed by atoms with Crippen LogP contribution in [0.25, 0.3) is 0 Å². The molecule has 53 heavy (non-hydrogen) atoms. The van der Waals surface area contributed by atoms with Crippen LogP contribution in [0.3, 0.4) is 0 Å². The smallest absolute Gasteiger partial charge is 0.404 e. The summed E-state index contributed by atoms with van der Waals surface area (Å²) in [5.41, 5.74) is 1.08. The highest BCUT2D eigenvalue weighted by atomic mass is 32.2. The van der Waals surface area contributed by atoms with Crippen molar-refractivity contribution in [1.82, 2.24) is 0 Å². The third-order valence-corrected chi connectivity index (χ3v) is 9.13. The van der Waals surface area contributed by atoms with Gasteiger partial charge in [0.2, 0.25) is 20.0 Å². The number of aromatic hydroxyl groups is 1. The van der Waals surface area contributed by atoms with E-state index in [1.54, 1.807) is 33.7 Å². The van der Waals surface area contributed by atoms with Crippen molar-refractivity contribution in [2.45, 2.75) is 39.0 Å². The summed E-state index contributed by atoms with van der Waals surface area (Å²) < 4.78 is 166. The molecule has 0 radical (unpaired) electrons. The van der Waals surface area contributed by atoms with Crippen LogP contribution in [0.15, 0.2) is 72.8 Å². The Morgan fingerprint density at radius 1 is 0.585 bits per heavy atom. The van der Waals surface area contributed by atoms with Gasteiger partial charge in [0.25, 0.3) is 0 Å². The highest BCUT2D eigenvalue weighted by Crippen LogP contribution is 2.36. The molecular formula is C33H32F8N2O8S2. The van der Waals surface area contributed by atoms with Crippen molar-refractivity contribution in [3.63, 3.8) is 0 Å². The first-order valence-corrected chi connectivity index (χ1v) is 18.4. The van der Waals surface area contributed by atoms with Gasteiger partial charge in [-0.3, -0.25) is 9.44 Å². The van der Waals surface area contributed by atoms with Crippen LogP contribution in [0.2, 0.25) is 0 Å². The van der Waals surface area contributed by atoms with Gasteiger partial charge >= 0.3 is 12.4 Å². The van der Waals surface area contributed by atoms with Gasteiger partial charge < -0.3 is 19.3 Å². The molecule has 0 spiro atoms. The molecule has 20 heteroatoms. The lowest BCUT2D eigenvalue weighted by Gasteiger charge is -2.14. The fourth-order valence-electron chi connectivity index (χ4n) is 4.28. The number of methoxy groups -OCH3 is 1. The Kier molecular flexibility index (Phi) is 13.8. The lowest BCUT2D eigenvalue weighted by atomic mass is 10.1. The molecule has 0 saturated heterocycles. The van der Waals surface area contributed by atoms with Gasteiger partial charge in [-0.15, -0.1) is 0 Å². The van der Waals surface area contributed by atoms with E-state index in [2.05, 4.69) is 0 Å². The van der Waals surface area contributed by atoms with Crippen LogP contribution in [0.4, 0.5) is 46.5 Å². The van der Waals surface area contributed by atoms with Gasteiger partial charge in [0.05, 0.1) is 18.5 Å². The van der Waals surface area contributed by atoms with E-state index in [1.165, 1.54) is 19.2 Å². The van der Waals surface area contributed by atoms with Crippen LogP contribution in [0.5, 0.6) is 34.5 Å². The maximum absolute atomic E-state index is 14.2. The molecule has 4 rings (SSSR count).